The highest BCUT2D eigenvalue weighted by Gasteiger charge is 2.24. The number of nitrogens with zero attached hydrogens (tertiary/aromatic N) is 3. The minimum absolute atomic E-state index is 0.159. The van der Waals surface area contributed by atoms with Crippen LogP contribution in [0.5, 0.6) is 0 Å². The molecule has 1 fully saturated rings. The van der Waals surface area contributed by atoms with Crippen molar-refractivity contribution in [2.24, 2.45) is 12.8 Å². The number of nitrogens with two attached hydrogens (primary N) is 1. The van der Waals surface area contributed by atoms with Gasteiger partial charge in [-0.05, 0) is 19.8 Å². The number of rotatable bonds is 3. The van der Waals surface area contributed by atoms with Crippen LogP contribution >= 0.6 is 0 Å². The number of hydrogen-bond acceptors (Lipinski definition) is 3. The highest BCUT2D eigenvalue weighted by Crippen LogP contribution is 2.34. The van der Waals surface area contributed by atoms with Gasteiger partial charge in [0, 0.05) is 25.4 Å². The van der Waals surface area contributed by atoms with Crippen LogP contribution in [0.3, 0.4) is 0 Å². The second kappa shape index (κ2) is 3.69. The summed E-state index contributed by atoms with van der Waals surface area (Å²) >= 11 is 0. The van der Waals surface area contributed by atoms with Gasteiger partial charge in [-0.25, -0.2) is 4.98 Å². The SMILES string of the molecule is CC(N)Cc1nc(C2CCC2)nn1C. The zero-order chi connectivity index (χ0) is 10.1. The molecule has 1 aliphatic carbocycles. The summed E-state index contributed by atoms with van der Waals surface area (Å²) < 4.78 is 1.87. The monoisotopic (exact) mass is 194 g/mol. The highest BCUT2D eigenvalue weighted by molar-refractivity contribution is 5.03. The van der Waals surface area contributed by atoms with E-state index in [0.717, 1.165) is 18.1 Å². The normalized spacial score (nSPS) is 19.4. The van der Waals surface area contributed by atoms with Gasteiger partial charge in [0.1, 0.15) is 5.82 Å². The van der Waals surface area contributed by atoms with E-state index in [0.29, 0.717) is 5.92 Å². The van der Waals surface area contributed by atoms with Gasteiger partial charge in [0.2, 0.25) is 0 Å². The molecular weight excluding hydrogens is 176 g/mol. The second-order valence-corrected chi connectivity index (χ2v) is 4.32. The standard InChI is InChI=1S/C10H18N4/c1-7(11)6-9-12-10(13-14(9)2)8-4-3-5-8/h7-8H,3-6,11H2,1-2H3. The summed E-state index contributed by atoms with van der Waals surface area (Å²) in [5, 5.41) is 4.44. The fraction of sp³-hybridized carbons (Fsp3) is 0.800. The Morgan fingerprint density at radius 2 is 2.29 bits per heavy atom. The molecule has 0 aliphatic heterocycles. The molecule has 1 aromatic rings. The van der Waals surface area contributed by atoms with Crippen molar-refractivity contribution < 1.29 is 0 Å². The zero-order valence-electron chi connectivity index (χ0n) is 8.90. The van der Waals surface area contributed by atoms with Crippen molar-refractivity contribution >= 4 is 0 Å². The molecule has 0 amide bonds. The fourth-order valence-electron chi connectivity index (χ4n) is 1.74. The molecule has 0 aromatic carbocycles. The van der Waals surface area contributed by atoms with E-state index in [2.05, 4.69) is 10.1 Å². The van der Waals surface area contributed by atoms with Crippen LogP contribution in [0.1, 0.15) is 43.8 Å². The van der Waals surface area contributed by atoms with Crippen molar-refractivity contribution in [1.82, 2.24) is 14.8 Å². The lowest BCUT2D eigenvalue weighted by molar-refractivity contribution is 0.400. The molecule has 1 aliphatic rings. The molecular formula is C10H18N4. The minimum Gasteiger partial charge on any atom is -0.328 e. The summed E-state index contributed by atoms with van der Waals surface area (Å²) in [5.41, 5.74) is 5.74. The van der Waals surface area contributed by atoms with Crippen molar-refractivity contribution in [1.29, 1.82) is 0 Å². The molecule has 14 heavy (non-hydrogen) atoms. The molecule has 4 nitrogen and oxygen atoms in total. The molecule has 1 unspecified atom stereocenters. The summed E-state index contributed by atoms with van der Waals surface area (Å²) in [4.78, 5) is 4.54. The molecule has 1 saturated carbocycles. The Morgan fingerprint density at radius 1 is 1.57 bits per heavy atom. The minimum atomic E-state index is 0.159. The lowest BCUT2D eigenvalue weighted by atomic mass is 9.85. The van der Waals surface area contributed by atoms with Crippen molar-refractivity contribution in [2.45, 2.75) is 44.6 Å². The largest absolute Gasteiger partial charge is 0.328 e. The van der Waals surface area contributed by atoms with Crippen LogP contribution in [0.25, 0.3) is 0 Å². The van der Waals surface area contributed by atoms with Crippen LogP contribution in [0.4, 0.5) is 0 Å². The Kier molecular flexibility index (Phi) is 2.54. The maximum absolute atomic E-state index is 5.74. The molecule has 0 radical (unpaired) electrons. The maximum atomic E-state index is 5.74. The predicted octanol–water partition coefficient (Wildman–Crippen LogP) is 0.972. The zero-order valence-corrected chi connectivity index (χ0v) is 8.90. The highest BCUT2D eigenvalue weighted by atomic mass is 15.3. The Bertz CT molecular complexity index is 312. The lowest BCUT2D eigenvalue weighted by Crippen LogP contribution is -2.20. The van der Waals surface area contributed by atoms with Crippen molar-refractivity contribution in [3.8, 4) is 0 Å². The van der Waals surface area contributed by atoms with Crippen molar-refractivity contribution in [3.63, 3.8) is 0 Å². The van der Waals surface area contributed by atoms with Crippen LogP contribution in [-0.2, 0) is 13.5 Å². The molecule has 0 bridgehead atoms. The van der Waals surface area contributed by atoms with E-state index in [1.54, 1.807) is 0 Å². The first-order chi connectivity index (χ1) is 6.66. The third-order valence-corrected chi connectivity index (χ3v) is 2.84. The van der Waals surface area contributed by atoms with Gasteiger partial charge in [0.05, 0.1) is 0 Å². The van der Waals surface area contributed by atoms with E-state index >= 15 is 0 Å². The van der Waals surface area contributed by atoms with E-state index < -0.39 is 0 Å². The van der Waals surface area contributed by atoms with Crippen LogP contribution in [0.2, 0.25) is 0 Å². The predicted molar refractivity (Wildman–Crippen MR) is 54.9 cm³/mol. The molecule has 1 heterocycles. The third kappa shape index (κ3) is 1.80. The molecule has 1 aromatic heterocycles. The van der Waals surface area contributed by atoms with E-state index in [4.69, 9.17) is 5.73 Å². The first-order valence-electron chi connectivity index (χ1n) is 5.32. The number of aryl methyl sites for hydroxylation is 1. The van der Waals surface area contributed by atoms with Crippen LogP contribution in [-0.4, -0.2) is 20.8 Å². The average Bonchev–Trinajstić information content (AvgIpc) is 2.27. The van der Waals surface area contributed by atoms with E-state index in [-0.39, 0.29) is 6.04 Å². The first kappa shape index (κ1) is 9.65. The topological polar surface area (TPSA) is 56.7 Å². The van der Waals surface area contributed by atoms with Crippen LogP contribution in [0.15, 0.2) is 0 Å². The van der Waals surface area contributed by atoms with Crippen LogP contribution < -0.4 is 5.73 Å². The smallest absolute Gasteiger partial charge is 0.154 e. The van der Waals surface area contributed by atoms with Gasteiger partial charge in [0.25, 0.3) is 0 Å². The summed E-state index contributed by atoms with van der Waals surface area (Å²) in [5.74, 6) is 2.65. The van der Waals surface area contributed by atoms with Gasteiger partial charge < -0.3 is 5.73 Å². The molecule has 4 heteroatoms. The van der Waals surface area contributed by atoms with Gasteiger partial charge in [0.15, 0.2) is 5.82 Å². The number of hydrogen-bond donors (Lipinski definition) is 1. The van der Waals surface area contributed by atoms with Gasteiger partial charge in [-0.2, -0.15) is 5.10 Å². The lowest BCUT2D eigenvalue weighted by Gasteiger charge is -2.21. The van der Waals surface area contributed by atoms with Gasteiger partial charge in [-0.1, -0.05) is 6.42 Å². The summed E-state index contributed by atoms with van der Waals surface area (Å²) in [7, 11) is 1.95. The van der Waals surface area contributed by atoms with E-state index in [1.165, 1.54) is 19.3 Å². The van der Waals surface area contributed by atoms with Crippen molar-refractivity contribution in [3.05, 3.63) is 11.6 Å². The van der Waals surface area contributed by atoms with Crippen molar-refractivity contribution in [2.75, 3.05) is 0 Å². The Labute approximate surface area is 84.5 Å². The Hall–Kier alpha value is -0.900. The molecule has 0 spiro atoms. The molecule has 0 saturated heterocycles. The average molecular weight is 194 g/mol. The van der Waals surface area contributed by atoms with Gasteiger partial charge >= 0.3 is 0 Å². The Morgan fingerprint density at radius 3 is 2.79 bits per heavy atom. The summed E-state index contributed by atoms with van der Waals surface area (Å²) in [6.45, 7) is 2.00. The van der Waals surface area contributed by atoms with Gasteiger partial charge in [-0.3, -0.25) is 4.68 Å². The Balaban J connectivity index is 2.12. The first-order valence-corrected chi connectivity index (χ1v) is 5.32. The van der Waals surface area contributed by atoms with E-state index in [1.807, 2.05) is 18.7 Å². The van der Waals surface area contributed by atoms with Crippen LogP contribution in [0, 0.1) is 0 Å². The summed E-state index contributed by atoms with van der Waals surface area (Å²) in [6.07, 6.45) is 4.64. The molecule has 2 N–H and O–H groups in total. The second-order valence-electron chi connectivity index (χ2n) is 4.32. The molecule has 1 atom stereocenters. The summed E-state index contributed by atoms with van der Waals surface area (Å²) in [6, 6.07) is 0.159. The maximum Gasteiger partial charge on any atom is 0.154 e. The van der Waals surface area contributed by atoms with Gasteiger partial charge in [-0.15, -0.1) is 0 Å². The number of aromatic nitrogens is 3. The molecule has 2 rings (SSSR count). The molecule has 78 valence electrons. The van der Waals surface area contributed by atoms with E-state index in [9.17, 15) is 0 Å². The quantitative estimate of drug-likeness (QED) is 0.780. The fourth-order valence-corrected chi connectivity index (χ4v) is 1.74. The third-order valence-electron chi connectivity index (χ3n) is 2.84.